The lowest BCUT2D eigenvalue weighted by Crippen LogP contribution is -2.34. The van der Waals surface area contributed by atoms with E-state index in [0.717, 1.165) is 23.1 Å². The molecule has 1 aliphatic rings. The predicted octanol–water partition coefficient (Wildman–Crippen LogP) is 3.29. The van der Waals surface area contributed by atoms with Crippen molar-refractivity contribution in [1.82, 2.24) is 9.47 Å². The number of amides is 2. The Kier molecular flexibility index (Phi) is 4.13. The molecule has 0 aliphatic carbocycles. The van der Waals surface area contributed by atoms with Crippen LogP contribution in [0.1, 0.15) is 6.92 Å². The molecule has 1 aromatic heterocycles. The van der Waals surface area contributed by atoms with Gasteiger partial charge in [-0.05, 0) is 31.2 Å². The summed E-state index contributed by atoms with van der Waals surface area (Å²) in [7, 11) is 0. The fraction of sp³-hybridized carbons (Fsp3) is 0.263. The van der Waals surface area contributed by atoms with Crippen molar-refractivity contribution in [2.24, 2.45) is 0 Å². The lowest BCUT2D eigenvalue weighted by molar-refractivity contribution is -0.130. The van der Waals surface area contributed by atoms with Crippen LogP contribution in [-0.4, -0.2) is 39.5 Å². The molecular weight excluding hydrogens is 334 g/mol. The summed E-state index contributed by atoms with van der Waals surface area (Å²) in [6.45, 7) is 3.14. The first kappa shape index (κ1) is 16.0. The normalized spacial score (nSPS) is 14.6. The fourth-order valence-corrected chi connectivity index (χ4v) is 4.29. The van der Waals surface area contributed by atoms with Crippen molar-refractivity contribution in [3.8, 4) is 0 Å². The van der Waals surface area contributed by atoms with Gasteiger partial charge in [-0.25, -0.2) is 0 Å². The highest BCUT2D eigenvalue weighted by atomic mass is 32.2. The Morgan fingerprint density at radius 3 is 2.72 bits per heavy atom. The van der Waals surface area contributed by atoms with Gasteiger partial charge in [0.15, 0.2) is 0 Å². The summed E-state index contributed by atoms with van der Waals surface area (Å²) in [6, 6.07) is 14.3. The molecule has 2 amide bonds. The Morgan fingerprint density at radius 2 is 1.96 bits per heavy atom. The van der Waals surface area contributed by atoms with Crippen LogP contribution in [0.15, 0.2) is 42.5 Å². The van der Waals surface area contributed by atoms with E-state index in [0.29, 0.717) is 11.6 Å². The second-order valence-corrected chi connectivity index (χ2v) is 7.07. The summed E-state index contributed by atoms with van der Waals surface area (Å²) in [5.74, 6) is 0.932. The molecule has 2 aromatic carbocycles. The van der Waals surface area contributed by atoms with Crippen LogP contribution in [0.25, 0.3) is 21.8 Å². The average Bonchev–Trinajstić information content (AvgIpc) is 3.15. The quantitative estimate of drug-likeness (QED) is 0.783. The van der Waals surface area contributed by atoms with Gasteiger partial charge in [0.2, 0.25) is 11.8 Å². The summed E-state index contributed by atoms with van der Waals surface area (Å²) in [6.07, 6.45) is 0. The molecule has 1 saturated heterocycles. The second-order valence-electron chi connectivity index (χ2n) is 6.11. The zero-order chi connectivity index (χ0) is 17.4. The average molecular weight is 353 g/mol. The number of para-hydroxylation sites is 1. The molecule has 0 atom stereocenters. The molecule has 4 rings (SSSR count). The third-order valence-corrected chi connectivity index (χ3v) is 5.48. The number of thioether (sulfide) groups is 1. The van der Waals surface area contributed by atoms with Crippen LogP contribution >= 0.6 is 11.8 Å². The molecule has 1 aliphatic heterocycles. The van der Waals surface area contributed by atoms with Crippen molar-refractivity contribution >= 4 is 51.1 Å². The highest BCUT2D eigenvalue weighted by molar-refractivity contribution is 8.00. The minimum absolute atomic E-state index is 0.0293. The molecule has 1 fully saturated rings. The van der Waals surface area contributed by atoms with E-state index >= 15 is 0 Å². The molecule has 5 nitrogen and oxygen atoms in total. The summed E-state index contributed by atoms with van der Waals surface area (Å²) >= 11 is 1.54. The molecule has 0 radical (unpaired) electrons. The van der Waals surface area contributed by atoms with E-state index in [1.807, 2.05) is 30.3 Å². The lowest BCUT2D eigenvalue weighted by atomic mass is 10.1. The van der Waals surface area contributed by atoms with Gasteiger partial charge in [-0.3, -0.25) is 9.59 Å². The number of hydrogen-bond acceptors (Lipinski definition) is 3. The van der Waals surface area contributed by atoms with Crippen LogP contribution in [0.4, 0.5) is 5.69 Å². The second kappa shape index (κ2) is 6.44. The van der Waals surface area contributed by atoms with Gasteiger partial charge >= 0.3 is 0 Å². The summed E-state index contributed by atoms with van der Waals surface area (Å²) < 4.78 is 2.27. The number of aromatic nitrogens is 1. The molecule has 0 unspecified atom stereocenters. The number of rotatable bonds is 4. The molecule has 3 aromatic rings. The van der Waals surface area contributed by atoms with Crippen LogP contribution < -0.4 is 5.32 Å². The molecule has 0 bridgehead atoms. The SMILES string of the molecule is CCn1c2ccccc2c2cc(NC(=O)CN3CSCC3=O)ccc21. The maximum Gasteiger partial charge on any atom is 0.244 e. The van der Waals surface area contributed by atoms with Crippen LogP contribution in [0, 0.1) is 0 Å². The number of carbonyl (C=O) groups excluding carboxylic acids is 2. The monoisotopic (exact) mass is 353 g/mol. The van der Waals surface area contributed by atoms with Gasteiger partial charge < -0.3 is 14.8 Å². The number of anilines is 1. The van der Waals surface area contributed by atoms with Crippen LogP contribution in [0.5, 0.6) is 0 Å². The first-order valence-corrected chi connectivity index (χ1v) is 9.49. The molecule has 128 valence electrons. The van der Waals surface area contributed by atoms with Crippen LogP contribution in [-0.2, 0) is 16.1 Å². The number of nitrogens with one attached hydrogen (secondary N) is 1. The van der Waals surface area contributed by atoms with Crippen LogP contribution in [0.2, 0.25) is 0 Å². The van der Waals surface area contributed by atoms with Crippen molar-refractivity contribution < 1.29 is 9.59 Å². The lowest BCUT2D eigenvalue weighted by Gasteiger charge is -2.14. The first-order valence-electron chi connectivity index (χ1n) is 8.33. The summed E-state index contributed by atoms with van der Waals surface area (Å²) in [4.78, 5) is 25.5. The Bertz CT molecular complexity index is 979. The van der Waals surface area contributed by atoms with E-state index in [4.69, 9.17) is 0 Å². The van der Waals surface area contributed by atoms with Crippen molar-refractivity contribution in [2.45, 2.75) is 13.5 Å². The zero-order valence-electron chi connectivity index (χ0n) is 14.0. The minimum atomic E-state index is -0.158. The van der Waals surface area contributed by atoms with E-state index < -0.39 is 0 Å². The van der Waals surface area contributed by atoms with Gasteiger partial charge in [-0.1, -0.05) is 18.2 Å². The third-order valence-electron chi connectivity index (χ3n) is 4.53. The van der Waals surface area contributed by atoms with Crippen molar-refractivity contribution in [2.75, 3.05) is 23.5 Å². The van der Waals surface area contributed by atoms with E-state index in [2.05, 4.69) is 28.9 Å². The molecular formula is C19H19N3O2S. The van der Waals surface area contributed by atoms with Crippen LogP contribution in [0.3, 0.4) is 0 Å². The number of carbonyl (C=O) groups is 2. The van der Waals surface area contributed by atoms with E-state index in [9.17, 15) is 9.59 Å². The number of benzene rings is 2. The highest BCUT2D eigenvalue weighted by Crippen LogP contribution is 2.31. The van der Waals surface area contributed by atoms with E-state index in [1.54, 1.807) is 16.7 Å². The first-order chi connectivity index (χ1) is 12.2. The molecule has 0 spiro atoms. The molecule has 2 heterocycles. The Balaban J connectivity index is 1.64. The smallest absolute Gasteiger partial charge is 0.244 e. The summed E-state index contributed by atoms with van der Waals surface area (Å²) in [5.41, 5.74) is 3.12. The van der Waals surface area contributed by atoms with Gasteiger partial charge in [0.05, 0.1) is 11.6 Å². The topological polar surface area (TPSA) is 54.3 Å². The Morgan fingerprint density at radius 1 is 1.16 bits per heavy atom. The Labute approximate surface area is 150 Å². The number of hydrogen-bond donors (Lipinski definition) is 1. The number of fused-ring (bicyclic) bond motifs is 3. The third kappa shape index (κ3) is 2.87. The highest BCUT2D eigenvalue weighted by Gasteiger charge is 2.23. The van der Waals surface area contributed by atoms with Gasteiger partial charge in [-0.2, -0.15) is 0 Å². The fourth-order valence-electron chi connectivity index (χ4n) is 3.39. The maximum atomic E-state index is 12.3. The maximum absolute atomic E-state index is 12.3. The van der Waals surface area contributed by atoms with Gasteiger partial charge in [0.1, 0.15) is 6.54 Å². The van der Waals surface area contributed by atoms with Gasteiger partial charge in [-0.15, -0.1) is 11.8 Å². The van der Waals surface area contributed by atoms with E-state index in [1.165, 1.54) is 10.9 Å². The van der Waals surface area contributed by atoms with Crippen molar-refractivity contribution in [3.05, 3.63) is 42.5 Å². The molecule has 25 heavy (non-hydrogen) atoms. The van der Waals surface area contributed by atoms with E-state index in [-0.39, 0.29) is 18.4 Å². The zero-order valence-corrected chi connectivity index (χ0v) is 14.8. The largest absolute Gasteiger partial charge is 0.341 e. The summed E-state index contributed by atoms with van der Waals surface area (Å²) in [5, 5.41) is 5.23. The number of nitrogens with zero attached hydrogens (tertiary/aromatic N) is 2. The van der Waals surface area contributed by atoms with Gasteiger partial charge in [0, 0.05) is 34.0 Å². The molecule has 1 N–H and O–H groups in total. The molecule has 6 heteroatoms. The van der Waals surface area contributed by atoms with Crippen molar-refractivity contribution in [1.29, 1.82) is 0 Å². The minimum Gasteiger partial charge on any atom is -0.341 e. The standard InChI is InChI=1S/C19H19N3O2S/c1-2-22-16-6-4-3-5-14(16)15-9-13(7-8-17(15)22)20-18(23)10-21-12-25-11-19(21)24/h3-9H,2,10-12H2,1H3,(H,20,23). The number of aryl methyl sites for hydroxylation is 1. The predicted molar refractivity (Wildman–Crippen MR) is 103 cm³/mol. The molecule has 0 saturated carbocycles. The Hall–Kier alpha value is -2.47. The van der Waals surface area contributed by atoms with Gasteiger partial charge in [0.25, 0.3) is 0 Å². The van der Waals surface area contributed by atoms with Crippen molar-refractivity contribution in [3.63, 3.8) is 0 Å².